The van der Waals surface area contributed by atoms with Crippen molar-refractivity contribution in [2.45, 2.75) is 285 Å². The molecule has 87 heavy (non-hydrogen) atoms. The zero-order valence-corrected chi connectivity index (χ0v) is 52.2. The first-order chi connectivity index (χ1) is 42.3. The van der Waals surface area contributed by atoms with Crippen LogP contribution in [0.5, 0.6) is 0 Å². The zero-order valence-electron chi connectivity index (χ0n) is 52.2. The molecule has 0 spiro atoms. The lowest BCUT2D eigenvalue weighted by atomic mass is 9.96. The molecule has 12 N–H and O–H groups in total. The Balaban J connectivity index is 1.35. The summed E-state index contributed by atoms with van der Waals surface area (Å²) in [5.41, 5.74) is 0. The molecule has 0 aromatic carbocycles. The highest BCUT2D eigenvalue weighted by molar-refractivity contribution is 5.76. The fourth-order valence-electron chi connectivity index (χ4n) is 10.3. The molecule has 17 atom stereocenters. The number of rotatable bonds is 47. The summed E-state index contributed by atoms with van der Waals surface area (Å²) in [6.07, 6.45) is 38.4. The first-order valence-corrected chi connectivity index (χ1v) is 32.6. The lowest BCUT2D eigenvalue weighted by molar-refractivity contribution is -0.379. The Kier molecular flexibility index (Phi) is 43.9. The van der Waals surface area contributed by atoms with Gasteiger partial charge in [-0.15, -0.1) is 0 Å². The van der Waals surface area contributed by atoms with Crippen LogP contribution in [0.1, 0.15) is 181 Å². The van der Waals surface area contributed by atoms with Crippen LogP contribution in [0.25, 0.3) is 0 Å². The molecule has 0 aliphatic carbocycles. The van der Waals surface area contributed by atoms with E-state index in [1.54, 1.807) is 12.2 Å². The Morgan fingerprint density at radius 2 is 0.816 bits per heavy atom. The maximum Gasteiger partial charge on any atom is 0.220 e. The molecular formula is C68H113NO18. The molecule has 0 bridgehead atoms. The Labute approximate surface area is 519 Å². The van der Waals surface area contributed by atoms with Crippen LogP contribution in [0.15, 0.2) is 109 Å². The van der Waals surface area contributed by atoms with Crippen molar-refractivity contribution in [3.63, 3.8) is 0 Å². The zero-order chi connectivity index (χ0) is 63.3. The summed E-state index contributed by atoms with van der Waals surface area (Å²) in [5.74, 6) is -0.299. The lowest BCUT2D eigenvalue weighted by Gasteiger charge is -2.48. The average molecular weight is 1230 g/mol. The number of hydrogen-bond acceptors (Lipinski definition) is 18. The maximum absolute atomic E-state index is 13.3. The molecule has 0 aromatic rings. The van der Waals surface area contributed by atoms with E-state index >= 15 is 0 Å². The van der Waals surface area contributed by atoms with Crippen LogP contribution in [0.4, 0.5) is 0 Å². The van der Waals surface area contributed by atoms with Crippen LogP contribution >= 0.6 is 0 Å². The topological polar surface area (TPSA) is 307 Å². The number of aliphatic hydroxyl groups is 11. The van der Waals surface area contributed by atoms with Gasteiger partial charge in [-0.2, -0.15) is 0 Å². The molecule has 3 saturated heterocycles. The van der Waals surface area contributed by atoms with Crippen molar-refractivity contribution in [3.05, 3.63) is 109 Å². The molecule has 0 radical (unpaired) electrons. The smallest absolute Gasteiger partial charge is 0.220 e. The quantitative estimate of drug-likeness (QED) is 0.0207. The summed E-state index contributed by atoms with van der Waals surface area (Å²) in [5, 5.41) is 120. The monoisotopic (exact) mass is 1230 g/mol. The Morgan fingerprint density at radius 1 is 0.437 bits per heavy atom. The molecule has 3 rings (SSSR count). The predicted molar refractivity (Wildman–Crippen MR) is 337 cm³/mol. The van der Waals surface area contributed by atoms with Gasteiger partial charge in [0.05, 0.1) is 38.6 Å². The summed E-state index contributed by atoms with van der Waals surface area (Å²) < 4.78 is 34.2. The highest BCUT2D eigenvalue weighted by Gasteiger charge is 2.53. The van der Waals surface area contributed by atoms with Crippen molar-refractivity contribution in [3.8, 4) is 0 Å². The number of hydrogen-bond donors (Lipinski definition) is 12. The standard InChI is InChI=1S/C68H113NO18/c1-3-5-7-9-11-13-14-15-16-17-18-19-20-21-22-23-24-25-26-27-28-29-30-31-32-33-34-35-36-38-40-42-44-46-56(74)69-51(52(73)45-43-41-39-37-12-10-8-6-4-2)50-82-66-62(80)59(77)64(54(48-71)84-66)87-68-63(81)60(78)65(55(49-72)85-68)86-67-61(79)58(76)57(75)53(47-70)83-67/h4-7,11-13,15-16,18-19,21-22,24-25,37,43,45,51-55,57-68,70-73,75-81H,3,8-10,14,17,20,23,26-36,38-42,44,46-50H2,1-2H3,(H,69,74)/b6-4+,7-5-,13-11-,16-15-,19-18-,22-21-,25-24-,37-12+,45-43+. The number of nitrogens with one attached hydrogen (secondary N) is 1. The van der Waals surface area contributed by atoms with Crippen molar-refractivity contribution in [1.82, 2.24) is 5.32 Å². The molecule has 1 amide bonds. The van der Waals surface area contributed by atoms with Gasteiger partial charge in [0.2, 0.25) is 5.91 Å². The minimum absolute atomic E-state index is 0.224. The van der Waals surface area contributed by atoms with Crippen LogP contribution in [0.3, 0.4) is 0 Å². The molecule has 3 heterocycles. The second kappa shape index (κ2) is 49.2. The van der Waals surface area contributed by atoms with Gasteiger partial charge in [-0.3, -0.25) is 4.79 Å². The van der Waals surface area contributed by atoms with Gasteiger partial charge in [-0.25, -0.2) is 0 Å². The molecule has 3 fully saturated rings. The maximum atomic E-state index is 13.3. The van der Waals surface area contributed by atoms with E-state index < -0.39 is 124 Å². The van der Waals surface area contributed by atoms with Crippen LogP contribution in [0, 0.1) is 0 Å². The molecule has 17 unspecified atom stereocenters. The van der Waals surface area contributed by atoms with Gasteiger partial charge in [-0.1, -0.05) is 193 Å². The Hall–Kier alpha value is -3.55. The number of ether oxygens (including phenoxy) is 6. The van der Waals surface area contributed by atoms with E-state index in [1.165, 1.54) is 57.8 Å². The van der Waals surface area contributed by atoms with Gasteiger partial charge in [-0.05, 0) is 90.4 Å². The third-order valence-electron chi connectivity index (χ3n) is 15.6. The number of allylic oxidation sites excluding steroid dienone is 17. The average Bonchev–Trinajstić information content (AvgIpc) is 3.66. The van der Waals surface area contributed by atoms with Crippen molar-refractivity contribution in [1.29, 1.82) is 0 Å². The molecular weight excluding hydrogens is 1120 g/mol. The Morgan fingerprint density at radius 3 is 1.29 bits per heavy atom. The number of amides is 1. The van der Waals surface area contributed by atoms with Crippen LogP contribution in [-0.2, 0) is 33.2 Å². The lowest BCUT2D eigenvalue weighted by Crippen LogP contribution is -2.66. The first kappa shape index (κ1) is 77.7. The largest absolute Gasteiger partial charge is 0.394 e. The van der Waals surface area contributed by atoms with Gasteiger partial charge < -0.3 is 89.9 Å². The van der Waals surface area contributed by atoms with Gasteiger partial charge in [0, 0.05) is 6.42 Å². The van der Waals surface area contributed by atoms with E-state index in [9.17, 15) is 61.0 Å². The fourth-order valence-corrected chi connectivity index (χ4v) is 10.3. The van der Waals surface area contributed by atoms with Crippen LogP contribution in [0.2, 0.25) is 0 Å². The van der Waals surface area contributed by atoms with E-state index in [0.717, 1.165) is 89.9 Å². The number of unbranched alkanes of at least 4 members (excludes halogenated alkanes) is 16. The summed E-state index contributed by atoms with van der Waals surface area (Å²) in [7, 11) is 0. The summed E-state index contributed by atoms with van der Waals surface area (Å²) >= 11 is 0. The van der Waals surface area contributed by atoms with E-state index in [-0.39, 0.29) is 18.9 Å². The predicted octanol–water partition coefficient (Wildman–Crippen LogP) is 7.49. The second-order valence-electron chi connectivity index (χ2n) is 22.8. The highest BCUT2D eigenvalue weighted by Crippen LogP contribution is 2.33. The van der Waals surface area contributed by atoms with Crippen LogP contribution in [-0.4, -0.2) is 193 Å². The van der Waals surface area contributed by atoms with Crippen molar-refractivity contribution in [2.75, 3.05) is 26.4 Å². The van der Waals surface area contributed by atoms with Gasteiger partial charge in [0.25, 0.3) is 0 Å². The molecule has 0 aromatic heterocycles. The summed E-state index contributed by atoms with van der Waals surface area (Å²) in [6.45, 7) is 1.31. The Bertz CT molecular complexity index is 2000. The third kappa shape index (κ3) is 31.8. The van der Waals surface area contributed by atoms with Crippen molar-refractivity contribution < 1.29 is 89.4 Å². The van der Waals surface area contributed by atoms with Gasteiger partial charge in [0.15, 0.2) is 18.9 Å². The van der Waals surface area contributed by atoms with Crippen molar-refractivity contribution >= 4 is 5.91 Å². The molecule has 3 aliphatic rings. The summed E-state index contributed by atoms with van der Waals surface area (Å²) in [6, 6.07) is -1.00. The van der Waals surface area contributed by atoms with E-state index in [2.05, 4.69) is 103 Å². The fraction of sp³-hybridized carbons (Fsp3) is 0.721. The van der Waals surface area contributed by atoms with Gasteiger partial charge in [0.1, 0.15) is 73.2 Å². The minimum atomic E-state index is -1.99. The highest BCUT2D eigenvalue weighted by atomic mass is 16.8. The molecule has 19 nitrogen and oxygen atoms in total. The number of carbonyl (C=O) groups excluding carboxylic acids is 1. The van der Waals surface area contributed by atoms with Crippen molar-refractivity contribution in [2.24, 2.45) is 0 Å². The molecule has 498 valence electrons. The number of aliphatic hydroxyl groups excluding tert-OH is 11. The second-order valence-corrected chi connectivity index (χ2v) is 22.8. The third-order valence-corrected chi connectivity index (χ3v) is 15.6. The molecule has 0 saturated carbocycles. The van der Waals surface area contributed by atoms with E-state index in [4.69, 9.17) is 28.4 Å². The molecule has 3 aliphatic heterocycles. The van der Waals surface area contributed by atoms with E-state index in [0.29, 0.717) is 12.8 Å². The normalized spacial score (nSPS) is 29.3. The number of carbonyl (C=O) groups is 1. The summed E-state index contributed by atoms with van der Waals surface area (Å²) in [4.78, 5) is 13.3. The van der Waals surface area contributed by atoms with Gasteiger partial charge >= 0.3 is 0 Å². The molecule has 19 heteroatoms. The first-order valence-electron chi connectivity index (χ1n) is 32.6. The van der Waals surface area contributed by atoms with E-state index in [1.807, 2.05) is 13.0 Å². The minimum Gasteiger partial charge on any atom is -0.394 e. The van der Waals surface area contributed by atoms with Crippen LogP contribution < -0.4 is 5.32 Å². The SMILES string of the molecule is C/C=C/CC/C=C/CC/C=C/C(O)C(COC1OC(CO)C(OC2OC(CO)C(OC3OC(CO)C(O)C(O)C3O)C(O)C2O)C(O)C1O)NC(=O)CCCCCCCCCCCCCCCC/C=C\C/C=C\C/C=C\C/C=C\C/C=C\C/C=C\CC.